The van der Waals surface area contributed by atoms with E-state index in [9.17, 15) is 9.50 Å². The molecule has 0 saturated carbocycles. The summed E-state index contributed by atoms with van der Waals surface area (Å²) in [6.45, 7) is 3.80. The van der Waals surface area contributed by atoms with E-state index in [4.69, 9.17) is 0 Å². The van der Waals surface area contributed by atoms with Crippen molar-refractivity contribution in [2.75, 3.05) is 0 Å². The Hall–Kier alpha value is -2.16. The van der Waals surface area contributed by atoms with E-state index in [2.05, 4.69) is 4.99 Å². The van der Waals surface area contributed by atoms with Gasteiger partial charge in [0.05, 0.1) is 5.69 Å². The number of phenols is 1. The lowest BCUT2D eigenvalue weighted by Gasteiger charge is -2.04. The van der Waals surface area contributed by atoms with Gasteiger partial charge in [0.15, 0.2) is 0 Å². The summed E-state index contributed by atoms with van der Waals surface area (Å²) in [6, 6.07) is 9.65. The molecule has 0 amide bonds. The average Bonchev–Trinajstić information content (AvgIpc) is 2.34. The van der Waals surface area contributed by atoms with Crippen molar-refractivity contribution in [3.8, 4) is 5.75 Å². The van der Waals surface area contributed by atoms with E-state index in [-0.39, 0.29) is 11.6 Å². The molecule has 0 bridgehead atoms. The van der Waals surface area contributed by atoms with Gasteiger partial charge >= 0.3 is 0 Å². The Morgan fingerprint density at radius 1 is 1.11 bits per heavy atom. The second-order valence-corrected chi connectivity index (χ2v) is 4.25. The van der Waals surface area contributed by atoms with Gasteiger partial charge in [-0.05, 0) is 55.3 Å². The molecule has 0 fully saturated rings. The van der Waals surface area contributed by atoms with Crippen molar-refractivity contribution in [2.45, 2.75) is 13.8 Å². The molecule has 0 atom stereocenters. The van der Waals surface area contributed by atoms with Crippen molar-refractivity contribution in [1.29, 1.82) is 0 Å². The molecule has 0 aromatic heterocycles. The number of halogens is 1. The van der Waals surface area contributed by atoms with E-state index >= 15 is 0 Å². The van der Waals surface area contributed by atoms with Crippen LogP contribution in [-0.4, -0.2) is 11.3 Å². The fourth-order valence-corrected chi connectivity index (χ4v) is 1.76. The van der Waals surface area contributed by atoms with Gasteiger partial charge in [0.25, 0.3) is 0 Å². The van der Waals surface area contributed by atoms with Crippen molar-refractivity contribution in [1.82, 2.24) is 0 Å². The Bertz CT molecular complexity index is 588. The molecule has 18 heavy (non-hydrogen) atoms. The highest BCUT2D eigenvalue weighted by Crippen LogP contribution is 2.23. The highest BCUT2D eigenvalue weighted by atomic mass is 19.1. The number of hydrogen-bond acceptors (Lipinski definition) is 2. The van der Waals surface area contributed by atoms with Crippen LogP contribution in [0.25, 0.3) is 0 Å². The summed E-state index contributed by atoms with van der Waals surface area (Å²) in [5, 5.41) is 9.89. The first-order chi connectivity index (χ1) is 8.56. The highest BCUT2D eigenvalue weighted by Gasteiger charge is 2.03. The summed E-state index contributed by atoms with van der Waals surface area (Å²) in [6.07, 6.45) is 1.59. The fourth-order valence-electron chi connectivity index (χ4n) is 1.76. The van der Waals surface area contributed by atoms with Gasteiger partial charge in [0.2, 0.25) is 0 Å². The van der Waals surface area contributed by atoms with Crippen molar-refractivity contribution in [3.63, 3.8) is 0 Å². The van der Waals surface area contributed by atoms with Crippen molar-refractivity contribution >= 4 is 11.9 Å². The molecule has 2 nitrogen and oxygen atoms in total. The molecule has 0 aliphatic carbocycles. The molecular weight excluding hydrogens is 229 g/mol. The maximum absolute atomic E-state index is 12.7. The number of aryl methyl sites for hydroxylation is 2. The number of aromatic hydroxyl groups is 1. The number of hydrogen-bond donors (Lipinski definition) is 1. The lowest BCUT2D eigenvalue weighted by molar-refractivity contribution is 0.470. The zero-order valence-electron chi connectivity index (χ0n) is 10.3. The summed E-state index contributed by atoms with van der Waals surface area (Å²) >= 11 is 0. The van der Waals surface area contributed by atoms with E-state index in [1.807, 2.05) is 26.0 Å². The summed E-state index contributed by atoms with van der Waals surface area (Å²) < 4.78 is 12.7. The molecule has 2 aromatic rings. The molecule has 0 spiro atoms. The number of aliphatic imine (C=N–C) groups is 1. The van der Waals surface area contributed by atoms with Crippen LogP contribution in [-0.2, 0) is 0 Å². The first kappa shape index (κ1) is 12.3. The lowest BCUT2D eigenvalue weighted by atomic mass is 10.1. The number of phenolic OH excluding ortho intramolecular Hbond substituents is 1. The van der Waals surface area contributed by atoms with Crippen LogP contribution >= 0.6 is 0 Å². The molecular formula is C15H14FNO. The maximum atomic E-state index is 12.7. The van der Waals surface area contributed by atoms with Crippen LogP contribution in [0.3, 0.4) is 0 Å². The fraction of sp³-hybridized carbons (Fsp3) is 0.133. The monoisotopic (exact) mass is 243 g/mol. The van der Waals surface area contributed by atoms with Crippen LogP contribution in [0.15, 0.2) is 41.4 Å². The SMILES string of the molecule is Cc1cc(C)c(O)c(C=Nc2ccc(F)cc2)c1. The van der Waals surface area contributed by atoms with Gasteiger partial charge in [-0.15, -0.1) is 0 Å². The van der Waals surface area contributed by atoms with Gasteiger partial charge < -0.3 is 5.11 Å². The average molecular weight is 243 g/mol. The third-order valence-electron chi connectivity index (χ3n) is 2.65. The van der Waals surface area contributed by atoms with E-state index in [0.717, 1.165) is 11.1 Å². The second kappa shape index (κ2) is 5.00. The molecule has 3 heteroatoms. The van der Waals surface area contributed by atoms with Crippen LogP contribution in [0.5, 0.6) is 5.75 Å². The molecule has 1 N–H and O–H groups in total. The van der Waals surface area contributed by atoms with Gasteiger partial charge in [-0.3, -0.25) is 4.99 Å². The molecule has 0 saturated heterocycles. The third kappa shape index (κ3) is 2.74. The Morgan fingerprint density at radius 2 is 1.78 bits per heavy atom. The quantitative estimate of drug-likeness (QED) is 0.797. The van der Waals surface area contributed by atoms with Gasteiger partial charge in [-0.25, -0.2) is 4.39 Å². The first-order valence-corrected chi connectivity index (χ1v) is 5.66. The van der Waals surface area contributed by atoms with Gasteiger partial charge in [-0.2, -0.15) is 0 Å². The highest BCUT2D eigenvalue weighted by molar-refractivity contribution is 5.86. The number of nitrogens with zero attached hydrogens (tertiary/aromatic N) is 1. The number of rotatable bonds is 2. The zero-order valence-corrected chi connectivity index (χ0v) is 10.3. The molecule has 0 aliphatic rings. The third-order valence-corrected chi connectivity index (χ3v) is 2.65. The Labute approximate surface area is 105 Å². The lowest BCUT2D eigenvalue weighted by Crippen LogP contribution is -1.87. The van der Waals surface area contributed by atoms with Crippen LogP contribution in [0.4, 0.5) is 10.1 Å². The molecule has 2 rings (SSSR count). The van der Waals surface area contributed by atoms with E-state index in [1.54, 1.807) is 18.3 Å². The van der Waals surface area contributed by atoms with Crippen LogP contribution < -0.4 is 0 Å². The smallest absolute Gasteiger partial charge is 0.127 e. The van der Waals surface area contributed by atoms with Gasteiger partial charge in [-0.1, -0.05) is 6.07 Å². The Kier molecular flexibility index (Phi) is 3.42. The summed E-state index contributed by atoms with van der Waals surface area (Å²) in [5.41, 5.74) is 3.19. The normalized spacial score (nSPS) is 11.1. The van der Waals surface area contributed by atoms with Gasteiger partial charge in [0.1, 0.15) is 11.6 Å². The molecule has 0 radical (unpaired) electrons. The largest absolute Gasteiger partial charge is 0.507 e. The molecule has 0 heterocycles. The molecule has 92 valence electrons. The topological polar surface area (TPSA) is 32.6 Å². The van der Waals surface area contributed by atoms with E-state index in [1.165, 1.54) is 12.1 Å². The van der Waals surface area contributed by atoms with Crippen molar-refractivity contribution < 1.29 is 9.50 Å². The predicted molar refractivity (Wildman–Crippen MR) is 71.2 cm³/mol. The van der Waals surface area contributed by atoms with E-state index in [0.29, 0.717) is 11.3 Å². The van der Waals surface area contributed by atoms with Crippen molar-refractivity contribution in [2.24, 2.45) is 4.99 Å². The minimum atomic E-state index is -0.289. The van der Waals surface area contributed by atoms with Crippen LogP contribution in [0, 0.1) is 19.7 Å². The standard InChI is InChI=1S/C15H14FNO/c1-10-7-11(2)15(18)12(8-10)9-17-14-5-3-13(16)4-6-14/h3-9,18H,1-2H3. The minimum absolute atomic E-state index is 0.228. The Morgan fingerprint density at radius 3 is 2.44 bits per heavy atom. The minimum Gasteiger partial charge on any atom is -0.507 e. The zero-order chi connectivity index (χ0) is 13.1. The summed E-state index contributed by atoms with van der Waals surface area (Å²) in [4.78, 5) is 4.21. The maximum Gasteiger partial charge on any atom is 0.127 e. The first-order valence-electron chi connectivity index (χ1n) is 5.66. The summed E-state index contributed by atoms with van der Waals surface area (Å²) in [7, 11) is 0. The summed E-state index contributed by atoms with van der Waals surface area (Å²) in [5.74, 6) is -0.0605. The molecule has 2 aromatic carbocycles. The molecule has 0 unspecified atom stereocenters. The van der Waals surface area contributed by atoms with Crippen LogP contribution in [0.1, 0.15) is 16.7 Å². The second-order valence-electron chi connectivity index (χ2n) is 4.25. The molecule has 0 aliphatic heterocycles. The van der Waals surface area contributed by atoms with Gasteiger partial charge in [0, 0.05) is 11.8 Å². The van der Waals surface area contributed by atoms with Crippen molar-refractivity contribution in [3.05, 3.63) is 58.9 Å². The number of benzene rings is 2. The van der Waals surface area contributed by atoms with Crippen LogP contribution in [0.2, 0.25) is 0 Å². The predicted octanol–water partition coefficient (Wildman–Crippen LogP) is 3.90. The van der Waals surface area contributed by atoms with E-state index < -0.39 is 0 Å². The Balaban J connectivity index is 2.31.